The van der Waals surface area contributed by atoms with Gasteiger partial charge in [-0.3, -0.25) is 0 Å². The summed E-state index contributed by atoms with van der Waals surface area (Å²) in [4.78, 5) is 8.61. The second kappa shape index (κ2) is 3.95. The van der Waals surface area contributed by atoms with Crippen LogP contribution < -0.4 is 0 Å². The molecule has 3 rings (SSSR count). The highest BCUT2D eigenvalue weighted by Gasteiger charge is 2.14. The quantitative estimate of drug-likeness (QED) is 0.665. The number of nitrogens with zero attached hydrogens (tertiary/aromatic N) is 5. The van der Waals surface area contributed by atoms with E-state index in [-0.39, 0.29) is 0 Å². The fraction of sp³-hybridized carbons (Fsp3) is 0.214. The van der Waals surface area contributed by atoms with Gasteiger partial charge in [0, 0.05) is 19.7 Å². The summed E-state index contributed by atoms with van der Waals surface area (Å²) in [6, 6.07) is 8.16. The van der Waals surface area contributed by atoms with Gasteiger partial charge in [-0.05, 0) is 19.1 Å². The number of aromatic nitrogens is 4. The molecule has 0 unspecified atom stereocenters. The van der Waals surface area contributed by atoms with Crippen LogP contribution in [0, 0.1) is 18.3 Å². The number of rotatable bonds is 1. The van der Waals surface area contributed by atoms with E-state index in [4.69, 9.17) is 0 Å². The predicted molar refractivity (Wildman–Crippen MR) is 72.4 cm³/mol. The standard InChI is InChI=1S/C14H13N5/c1-9-17-12(7-15)14(19(9)3)10-4-5-13-11(6-10)16-8-18(13)2/h4-6,8H,1-3H3. The summed E-state index contributed by atoms with van der Waals surface area (Å²) in [5, 5.41) is 9.19. The molecule has 0 spiro atoms. The molecule has 0 fully saturated rings. The van der Waals surface area contributed by atoms with Crippen LogP contribution in [0.4, 0.5) is 0 Å². The molecule has 0 saturated heterocycles. The first-order valence-corrected chi connectivity index (χ1v) is 5.96. The zero-order chi connectivity index (χ0) is 13.6. The average molecular weight is 251 g/mol. The van der Waals surface area contributed by atoms with E-state index in [0.717, 1.165) is 28.1 Å². The van der Waals surface area contributed by atoms with Crippen LogP contribution in [0.1, 0.15) is 11.5 Å². The van der Waals surface area contributed by atoms with E-state index in [9.17, 15) is 5.26 Å². The second-order valence-corrected chi connectivity index (χ2v) is 4.59. The predicted octanol–water partition coefficient (Wildman–Crippen LogP) is 2.15. The monoisotopic (exact) mass is 251 g/mol. The Bertz CT molecular complexity index is 816. The van der Waals surface area contributed by atoms with E-state index in [2.05, 4.69) is 16.0 Å². The summed E-state index contributed by atoms with van der Waals surface area (Å²) in [6.45, 7) is 1.89. The number of nitriles is 1. The number of fused-ring (bicyclic) bond motifs is 1. The molecule has 5 nitrogen and oxygen atoms in total. The summed E-state index contributed by atoms with van der Waals surface area (Å²) >= 11 is 0. The summed E-state index contributed by atoms with van der Waals surface area (Å²) in [6.07, 6.45) is 1.79. The van der Waals surface area contributed by atoms with E-state index >= 15 is 0 Å². The Labute approximate surface area is 110 Å². The van der Waals surface area contributed by atoms with E-state index in [1.54, 1.807) is 6.33 Å². The number of aryl methyl sites for hydroxylation is 2. The van der Waals surface area contributed by atoms with Gasteiger partial charge in [-0.2, -0.15) is 5.26 Å². The third-order valence-electron chi connectivity index (χ3n) is 3.42. The molecule has 0 bridgehead atoms. The second-order valence-electron chi connectivity index (χ2n) is 4.59. The highest BCUT2D eigenvalue weighted by atomic mass is 15.1. The summed E-state index contributed by atoms with van der Waals surface area (Å²) < 4.78 is 3.90. The van der Waals surface area contributed by atoms with Crippen molar-refractivity contribution >= 4 is 11.0 Å². The van der Waals surface area contributed by atoms with Gasteiger partial charge in [0.25, 0.3) is 0 Å². The van der Waals surface area contributed by atoms with Gasteiger partial charge in [-0.15, -0.1) is 0 Å². The van der Waals surface area contributed by atoms with Crippen molar-refractivity contribution in [2.75, 3.05) is 0 Å². The topological polar surface area (TPSA) is 59.4 Å². The van der Waals surface area contributed by atoms with Crippen LogP contribution in [0.3, 0.4) is 0 Å². The Hall–Kier alpha value is -2.61. The van der Waals surface area contributed by atoms with Crippen LogP contribution in [0.15, 0.2) is 24.5 Å². The smallest absolute Gasteiger partial charge is 0.166 e. The number of benzene rings is 1. The van der Waals surface area contributed by atoms with Crippen LogP contribution in [-0.4, -0.2) is 19.1 Å². The Balaban J connectivity index is 2.27. The maximum absolute atomic E-state index is 9.19. The fourth-order valence-corrected chi connectivity index (χ4v) is 2.30. The highest BCUT2D eigenvalue weighted by Crippen LogP contribution is 2.26. The van der Waals surface area contributed by atoms with E-state index in [1.807, 2.05) is 48.4 Å². The van der Waals surface area contributed by atoms with Gasteiger partial charge in [0.15, 0.2) is 5.69 Å². The molecular weight excluding hydrogens is 238 g/mol. The van der Waals surface area contributed by atoms with Crippen molar-refractivity contribution < 1.29 is 0 Å². The Morgan fingerprint density at radius 3 is 2.79 bits per heavy atom. The zero-order valence-electron chi connectivity index (χ0n) is 11.0. The van der Waals surface area contributed by atoms with E-state index in [1.165, 1.54) is 0 Å². The highest BCUT2D eigenvalue weighted by molar-refractivity contribution is 5.82. The van der Waals surface area contributed by atoms with Crippen molar-refractivity contribution in [1.82, 2.24) is 19.1 Å². The molecule has 0 radical (unpaired) electrons. The summed E-state index contributed by atoms with van der Waals surface area (Å²) in [5.74, 6) is 0.827. The maximum atomic E-state index is 9.19. The molecule has 0 atom stereocenters. The van der Waals surface area contributed by atoms with E-state index in [0.29, 0.717) is 5.69 Å². The minimum absolute atomic E-state index is 0.454. The molecule has 0 aliphatic rings. The molecule has 2 heterocycles. The van der Waals surface area contributed by atoms with Crippen molar-refractivity contribution in [2.24, 2.45) is 14.1 Å². The molecule has 0 saturated carbocycles. The molecular formula is C14H13N5. The van der Waals surface area contributed by atoms with E-state index < -0.39 is 0 Å². The molecule has 2 aromatic heterocycles. The zero-order valence-corrected chi connectivity index (χ0v) is 11.0. The third-order valence-corrected chi connectivity index (χ3v) is 3.42. The molecule has 19 heavy (non-hydrogen) atoms. The van der Waals surface area contributed by atoms with Crippen molar-refractivity contribution in [1.29, 1.82) is 5.26 Å². The molecule has 0 amide bonds. The minimum atomic E-state index is 0.454. The molecule has 0 N–H and O–H groups in total. The first-order valence-electron chi connectivity index (χ1n) is 5.96. The molecule has 0 aliphatic heterocycles. The first-order chi connectivity index (χ1) is 9.11. The van der Waals surface area contributed by atoms with Crippen molar-refractivity contribution in [3.05, 3.63) is 36.0 Å². The minimum Gasteiger partial charge on any atom is -0.334 e. The van der Waals surface area contributed by atoms with Crippen molar-refractivity contribution in [2.45, 2.75) is 6.92 Å². The summed E-state index contributed by atoms with van der Waals surface area (Å²) in [5.41, 5.74) is 4.25. The van der Waals surface area contributed by atoms with Crippen LogP contribution >= 0.6 is 0 Å². The Kier molecular flexibility index (Phi) is 2.39. The van der Waals surface area contributed by atoms with Gasteiger partial charge in [0.2, 0.25) is 0 Å². The number of imidazole rings is 2. The average Bonchev–Trinajstić information content (AvgIpc) is 2.91. The fourth-order valence-electron chi connectivity index (χ4n) is 2.30. The lowest BCUT2D eigenvalue weighted by molar-refractivity contribution is 0.865. The third kappa shape index (κ3) is 1.61. The van der Waals surface area contributed by atoms with Crippen LogP contribution in [0.5, 0.6) is 0 Å². The molecule has 5 heteroatoms. The molecule has 0 aliphatic carbocycles. The van der Waals surface area contributed by atoms with Crippen LogP contribution in [0.25, 0.3) is 22.3 Å². The maximum Gasteiger partial charge on any atom is 0.166 e. The summed E-state index contributed by atoms with van der Waals surface area (Å²) in [7, 11) is 3.88. The van der Waals surface area contributed by atoms with Gasteiger partial charge in [0.05, 0.1) is 23.1 Å². The lowest BCUT2D eigenvalue weighted by atomic mass is 10.1. The molecule has 94 valence electrons. The first kappa shape index (κ1) is 11.5. The SMILES string of the molecule is Cc1nc(C#N)c(-c2ccc3c(c2)ncn3C)n1C. The Morgan fingerprint density at radius 2 is 2.05 bits per heavy atom. The Morgan fingerprint density at radius 1 is 1.26 bits per heavy atom. The normalized spacial score (nSPS) is 10.8. The lowest BCUT2D eigenvalue weighted by Gasteiger charge is -2.05. The van der Waals surface area contributed by atoms with Gasteiger partial charge in [0.1, 0.15) is 11.9 Å². The molecule has 3 aromatic rings. The van der Waals surface area contributed by atoms with Crippen LogP contribution in [0.2, 0.25) is 0 Å². The van der Waals surface area contributed by atoms with Crippen molar-refractivity contribution in [3.8, 4) is 17.3 Å². The van der Waals surface area contributed by atoms with Gasteiger partial charge >= 0.3 is 0 Å². The molecule has 1 aromatic carbocycles. The van der Waals surface area contributed by atoms with Gasteiger partial charge < -0.3 is 9.13 Å². The number of hydrogen-bond donors (Lipinski definition) is 0. The lowest BCUT2D eigenvalue weighted by Crippen LogP contribution is -1.95. The van der Waals surface area contributed by atoms with Gasteiger partial charge in [-0.1, -0.05) is 6.07 Å². The number of hydrogen-bond acceptors (Lipinski definition) is 3. The van der Waals surface area contributed by atoms with Crippen LogP contribution in [-0.2, 0) is 14.1 Å². The van der Waals surface area contributed by atoms with Crippen molar-refractivity contribution in [3.63, 3.8) is 0 Å². The largest absolute Gasteiger partial charge is 0.334 e. The van der Waals surface area contributed by atoms with Gasteiger partial charge in [-0.25, -0.2) is 9.97 Å².